The van der Waals surface area contributed by atoms with Crippen LogP contribution in [-0.2, 0) is 10.8 Å². The van der Waals surface area contributed by atoms with Crippen molar-refractivity contribution in [1.82, 2.24) is 0 Å². The minimum absolute atomic E-state index is 0.193. The van der Waals surface area contributed by atoms with Gasteiger partial charge in [-0.05, 0) is 43.9 Å². The molecule has 1 aliphatic rings. The summed E-state index contributed by atoms with van der Waals surface area (Å²) in [7, 11) is 0. The SMILES string of the molecule is CC(C)(C)c1cc2c3c(cc(C(C)(C)C)cc3c1)C=C2. The Labute approximate surface area is 122 Å². The van der Waals surface area contributed by atoms with Gasteiger partial charge in [-0.2, -0.15) is 0 Å². The lowest BCUT2D eigenvalue weighted by atomic mass is 9.81. The van der Waals surface area contributed by atoms with Crippen LogP contribution in [0.15, 0.2) is 24.3 Å². The summed E-state index contributed by atoms with van der Waals surface area (Å²) in [6.45, 7) is 13.7. The molecule has 0 heteroatoms. The molecule has 0 unspecified atom stereocenters. The molecular weight excluding hydrogens is 240 g/mol. The number of benzene rings is 2. The van der Waals surface area contributed by atoms with Crippen LogP contribution in [0.3, 0.4) is 0 Å². The molecule has 0 aromatic heterocycles. The molecule has 0 radical (unpaired) electrons. The molecule has 1 aliphatic carbocycles. The Hall–Kier alpha value is -1.56. The molecule has 2 aromatic carbocycles. The molecule has 0 heterocycles. The monoisotopic (exact) mass is 264 g/mol. The highest BCUT2D eigenvalue weighted by atomic mass is 14.3. The maximum absolute atomic E-state index is 2.38. The molecule has 0 spiro atoms. The Morgan fingerprint density at radius 2 is 1.00 bits per heavy atom. The van der Waals surface area contributed by atoms with Crippen molar-refractivity contribution < 1.29 is 0 Å². The van der Waals surface area contributed by atoms with E-state index in [-0.39, 0.29) is 10.8 Å². The first-order valence-corrected chi connectivity index (χ1v) is 7.47. The zero-order valence-electron chi connectivity index (χ0n) is 13.5. The van der Waals surface area contributed by atoms with Crippen molar-refractivity contribution in [3.8, 4) is 0 Å². The normalized spacial score (nSPS) is 14.3. The van der Waals surface area contributed by atoms with Gasteiger partial charge in [-0.1, -0.05) is 78.0 Å². The Bertz CT molecular complexity index is 658. The molecule has 0 saturated heterocycles. The number of hydrogen-bond donors (Lipinski definition) is 0. The van der Waals surface area contributed by atoms with Crippen LogP contribution in [0.1, 0.15) is 63.8 Å². The molecule has 0 amide bonds. The average molecular weight is 264 g/mol. The molecular formula is C20H24. The van der Waals surface area contributed by atoms with Crippen molar-refractivity contribution in [2.24, 2.45) is 0 Å². The fraction of sp³-hybridized carbons (Fsp3) is 0.400. The minimum atomic E-state index is 0.193. The smallest absolute Gasteiger partial charge is 0.00384 e. The van der Waals surface area contributed by atoms with Crippen LogP contribution in [0, 0.1) is 0 Å². The zero-order valence-corrected chi connectivity index (χ0v) is 13.5. The van der Waals surface area contributed by atoms with Gasteiger partial charge in [0.1, 0.15) is 0 Å². The topological polar surface area (TPSA) is 0 Å². The van der Waals surface area contributed by atoms with E-state index in [2.05, 4.69) is 78.0 Å². The van der Waals surface area contributed by atoms with E-state index < -0.39 is 0 Å². The van der Waals surface area contributed by atoms with E-state index in [1.807, 2.05) is 0 Å². The lowest BCUT2D eigenvalue weighted by Crippen LogP contribution is -2.12. The molecule has 0 atom stereocenters. The quantitative estimate of drug-likeness (QED) is 0.473. The van der Waals surface area contributed by atoms with Gasteiger partial charge in [0.15, 0.2) is 0 Å². The first kappa shape index (κ1) is 13.4. The van der Waals surface area contributed by atoms with Gasteiger partial charge in [0.05, 0.1) is 0 Å². The van der Waals surface area contributed by atoms with E-state index in [1.54, 1.807) is 0 Å². The van der Waals surface area contributed by atoms with E-state index in [0.29, 0.717) is 0 Å². The van der Waals surface area contributed by atoms with E-state index in [1.165, 1.54) is 33.0 Å². The fourth-order valence-electron chi connectivity index (χ4n) is 2.89. The molecule has 20 heavy (non-hydrogen) atoms. The molecule has 104 valence electrons. The molecule has 0 saturated carbocycles. The van der Waals surface area contributed by atoms with Gasteiger partial charge in [-0.3, -0.25) is 0 Å². The number of rotatable bonds is 0. The summed E-state index contributed by atoms with van der Waals surface area (Å²) in [6, 6.07) is 9.47. The minimum Gasteiger partial charge on any atom is -0.0561 e. The molecule has 0 bridgehead atoms. The Balaban J connectivity index is 2.34. The zero-order chi connectivity index (χ0) is 14.7. The predicted octanol–water partition coefficient (Wildman–Crippen LogP) is 5.92. The fourth-order valence-corrected chi connectivity index (χ4v) is 2.89. The highest BCUT2D eigenvalue weighted by Crippen LogP contribution is 2.38. The van der Waals surface area contributed by atoms with Crippen LogP contribution >= 0.6 is 0 Å². The first-order valence-electron chi connectivity index (χ1n) is 7.47. The van der Waals surface area contributed by atoms with Gasteiger partial charge >= 0.3 is 0 Å². The summed E-state index contributed by atoms with van der Waals surface area (Å²) >= 11 is 0. The van der Waals surface area contributed by atoms with Crippen molar-refractivity contribution in [2.45, 2.75) is 52.4 Å². The highest BCUT2D eigenvalue weighted by molar-refractivity contribution is 6.05. The second kappa shape index (κ2) is 3.97. The van der Waals surface area contributed by atoms with Crippen LogP contribution < -0.4 is 0 Å². The van der Waals surface area contributed by atoms with Gasteiger partial charge in [0, 0.05) is 0 Å². The summed E-state index contributed by atoms with van der Waals surface area (Å²) in [5.74, 6) is 0. The van der Waals surface area contributed by atoms with Crippen molar-refractivity contribution in [3.63, 3.8) is 0 Å². The number of hydrogen-bond acceptors (Lipinski definition) is 0. The van der Waals surface area contributed by atoms with Crippen molar-refractivity contribution in [2.75, 3.05) is 0 Å². The summed E-state index contributed by atoms with van der Waals surface area (Å²) in [5, 5.41) is 2.81. The molecule has 0 fully saturated rings. The largest absolute Gasteiger partial charge is 0.0561 e. The van der Waals surface area contributed by atoms with E-state index >= 15 is 0 Å². The van der Waals surface area contributed by atoms with E-state index in [0.717, 1.165) is 0 Å². The van der Waals surface area contributed by atoms with E-state index in [4.69, 9.17) is 0 Å². The Morgan fingerprint density at radius 3 is 1.35 bits per heavy atom. The molecule has 3 rings (SSSR count). The summed E-state index contributed by atoms with van der Waals surface area (Å²) < 4.78 is 0. The Morgan fingerprint density at radius 1 is 0.600 bits per heavy atom. The summed E-state index contributed by atoms with van der Waals surface area (Å²) in [6.07, 6.45) is 4.53. The second-order valence-electron chi connectivity index (χ2n) is 8.06. The van der Waals surface area contributed by atoms with Gasteiger partial charge < -0.3 is 0 Å². The summed E-state index contributed by atoms with van der Waals surface area (Å²) in [4.78, 5) is 0. The average Bonchev–Trinajstić information content (AvgIpc) is 2.71. The van der Waals surface area contributed by atoms with Gasteiger partial charge in [0.25, 0.3) is 0 Å². The van der Waals surface area contributed by atoms with E-state index in [9.17, 15) is 0 Å². The van der Waals surface area contributed by atoms with Gasteiger partial charge in [-0.25, -0.2) is 0 Å². The van der Waals surface area contributed by atoms with Crippen LogP contribution in [0.2, 0.25) is 0 Å². The van der Waals surface area contributed by atoms with Crippen LogP contribution in [0.4, 0.5) is 0 Å². The van der Waals surface area contributed by atoms with Crippen LogP contribution in [0.5, 0.6) is 0 Å². The highest BCUT2D eigenvalue weighted by Gasteiger charge is 2.21. The third-order valence-corrected chi connectivity index (χ3v) is 4.28. The lowest BCUT2D eigenvalue weighted by molar-refractivity contribution is 0.589. The molecule has 0 N–H and O–H groups in total. The van der Waals surface area contributed by atoms with Crippen LogP contribution in [0.25, 0.3) is 22.9 Å². The third-order valence-electron chi connectivity index (χ3n) is 4.28. The third kappa shape index (κ3) is 2.08. The van der Waals surface area contributed by atoms with Crippen molar-refractivity contribution >= 4 is 22.9 Å². The van der Waals surface area contributed by atoms with Crippen molar-refractivity contribution in [3.05, 3.63) is 46.5 Å². The Kier molecular flexibility index (Phi) is 2.67. The first-order chi connectivity index (χ1) is 9.16. The van der Waals surface area contributed by atoms with Gasteiger partial charge in [-0.15, -0.1) is 0 Å². The lowest BCUT2D eigenvalue weighted by Gasteiger charge is -2.23. The standard InChI is InChI=1S/C20H24/c1-19(2,3)16-9-13-7-8-14-10-17(20(4,5)6)12-15(11-16)18(13)14/h7-12H,1-6H3. The molecule has 2 aromatic rings. The summed E-state index contributed by atoms with van der Waals surface area (Å²) in [5.41, 5.74) is 5.98. The van der Waals surface area contributed by atoms with Crippen LogP contribution in [-0.4, -0.2) is 0 Å². The maximum atomic E-state index is 2.38. The molecule has 0 aliphatic heterocycles. The molecule has 0 nitrogen and oxygen atoms in total. The maximum Gasteiger partial charge on any atom is -0.00384 e. The van der Waals surface area contributed by atoms with Gasteiger partial charge in [0.2, 0.25) is 0 Å². The second-order valence-corrected chi connectivity index (χ2v) is 8.06. The van der Waals surface area contributed by atoms with Crippen molar-refractivity contribution in [1.29, 1.82) is 0 Å². The predicted molar refractivity (Wildman–Crippen MR) is 90.3 cm³/mol.